The Morgan fingerprint density at radius 1 is 0.853 bits per heavy atom. The summed E-state index contributed by atoms with van der Waals surface area (Å²) in [5.41, 5.74) is 2.90. The Hall–Kier alpha value is -3.49. The van der Waals surface area contributed by atoms with E-state index in [1.807, 2.05) is 72.1 Å². The number of benzene rings is 2. The summed E-state index contributed by atoms with van der Waals surface area (Å²) in [5.74, 6) is 0.618. The van der Waals surface area contributed by atoms with E-state index in [0.29, 0.717) is 30.4 Å². The van der Waals surface area contributed by atoms with E-state index in [1.165, 1.54) is 11.3 Å². The van der Waals surface area contributed by atoms with Gasteiger partial charge in [0, 0.05) is 16.8 Å². The molecule has 0 bridgehead atoms. The number of thiazole rings is 1. The van der Waals surface area contributed by atoms with Crippen LogP contribution >= 0.6 is 22.7 Å². The van der Waals surface area contributed by atoms with Crippen LogP contribution in [0.4, 0.5) is 5.13 Å². The lowest BCUT2D eigenvalue weighted by atomic mass is 10.1. The molecule has 0 saturated carbocycles. The standard InChI is InChI=1S/C26H25N3O3S2/c30-24(15-21-18-34-26(28-21)29-25(31)16-23-7-4-14-33-23)27-13-12-19-8-10-22(11-9-19)32-17-20-5-2-1-3-6-20/h1-11,14,18H,12-13,15-17H2,(H,27,30)(H,28,29,31). The molecule has 2 aromatic heterocycles. The average molecular weight is 492 g/mol. The first-order chi connectivity index (χ1) is 16.6. The van der Waals surface area contributed by atoms with Gasteiger partial charge < -0.3 is 15.4 Å². The second-order valence-corrected chi connectivity index (χ2v) is 9.53. The first-order valence-corrected chi connectivity index (χ1v) is 12.7. The van der Waals surface area contributed by atoms with Crippen molar-refractivity contribution >= 4 is 39.6 Å². The first-order valence-electron chi connectivity index (χ1n) is 10.9. The summed E-state index contributed by atoms with van der Waals surface area (Å²) in [7, 11) is 0. The van der Waals surface area contributed by atoms with Crippen LogP contribution in [0.2, 0.25) is 0 Å². The Morgan fingerprint density at radius 2 is 1.68 bits per heavy atom. The second-order valence-electron chi connectivity index (χ2n) is 7.64. The zero-order valence-electron chi connectivity index (χ0n) is 18.5. The third kappa shape index (κ3) is 7.54. The average Bonchev–Trinajstić information content (AvgIpc) is 3.51. The van der Waals surface area contributed by atoms with Crippen molar-refractivity contribution in [1.82, 2.24) is 10.3 Å². The lowest BCUT2D eigenvalue weighted by Gasteiger charge is -2.08. The largest absolute Gasteiger partial charge is 0.489 e. The maximum absolute atomic E-state index is 12.3. The molecule has 0 atom stereocenters. The maximum atomic E-state index is 12.3. The molecular weight excluding hydrogens is 466 g/mol. The van der Waals surface area contributed by atoms with E-state index in [4.69, 9.17) is 4.74 Å². The molecule has 4 rings (SSSR count). The Kier molecular flexibility index (Phi) is 8.43. The number of carbonyl (C=O) groups is 2. The van der Waals surface area contributed by atoms with Crippen LogP contribution in [0.3, 0.4) is 0 Å². The van der Waals surface area contributed by atoms with Gasteiger partial charge in [0.05, 0.1) is 18.5 Å². The van der Waals surface area contributed by atoms with Crippen LogP contribution in [0.25, 0.3) is 0 Å². The van der Waals surface area contributed by atoms with E-state index in [2.05, 4.69) is 15.6 Å². The van der Waals surface area contributed by atoms with E-state index >= 15 is 0 Å². The second kappa shape index (κ2) is 12.1. The number of rotatable bonds is 11. The molecule has 0 fully saturated rings. The van der Waals surface area contributed by atoms with Gasteiger partial charge in [0.25, 0.3) is 0 Å². The molecule has 0 spiro atoms. The third-order valence-corrected chi connectivity index (χ3v) is 6.65. The summed E-state index contributed by atoms with van der Waals surface area (Å²) in [6.45, 7) is 1.07. The van der Waals surface area contributed by atoms with Gasteiger partial charge in [0.15, 0.2) is 5.13 Å². The summed E-state index contributed by atoms with van der Waals surface area (Å²) < 4.78 is 5.81. The minimum absolute atomic E-state index is 0.0930. The van der Waals surface area contributed by atoms with Crippen molar-refractivity contribution in [2.24, 2.45) is 0 Å². The highest BCUT2D eigenvalue weighted by molar-refractivity contribution is 7.14. The van der Waals surface area contributed by atoms with E-state index < -0.39 is 0 Å². The summed E-state index contributed by atoms with van der Waals surface area (Å²) >= 11 is 2.87. The summed E-state index contributed by atoms with van der Waals surface area (Å²) in [4.78, 5) is 29.7. The molecule has 0 aliphatic carbocycles. The molecular formula is C26H25N3O3S2. The molecule has 8 heteroatoms. The highest BCUT2D eigenvalue weighted by Crippen LogP contribution is 2.17. The van der Waals surface area contributed by atoms with Gasteiger partial charge in [-0.3, -0.25) is 9.59 Å². The molecule has 2 N–H and O–H groups in total. The van der Waals surface area contributed by atoms with E-state index in [-0.39, 0.29) is 18.2 Å². The molecule has 174 valence electrons. The highest BCUT2D eigenvalue weighted by Gasteiger charge is 2.11. The predicted molar refractivity (Wildman–Crippen MR) is 136 cm³/mol. The quantitative estimate of drug-likeness (QED) is 0.314. The molecule has 4 aromatic rings. The van der Waals surface area contributed by atoms with Crippen LogP contribution in [0.5, 0.6) is 5.75 Å². The number of hydrogen-bond acceptors (Lipinski definition) is 6. The maximum Gasteiger partial charge on any atom is 0.231 e. The molecule has 6 nitrogen and oxygen atoms in total. The van der Waals surface area contributed by atoms with Gasteiger partial charge in [-0.15, -0.1) is 22.7 Å². The summed E-state index contributed by atoms with van der Waals surface area (Å²) in [5, 5.41) is 9.98. The van der Waals surface area contributed by atoms with Crippen LogP contribution in [0.1, 0.15) is 21.7 Å². The fourth-order valence-electron chi connectivity index (χ4n) is 3.25. The van der Waals surface area contributed by atoms with Gasteiger partial charge in [0.1, 0.15) is 12.4 Å². The van der Waals surface area contributed by atoms with Gasteiger partial charge in [0.2, 0.25) is 11.8 Å². The third-order valence-electron chi connectivity index (χ3n) is 4.96. The number of ether oxygens (including phenoxy) is 1. The number of nitrogens with zero attached hydrogens (tertiary/aromatic N) is 1. The van der Waals surface area contributed by atoms with Crippen molar-refractivity contribution in [1.29, 1.82) is 0 Å². The number of amides is 2. The number of hydrogen-bond donors (Lipinski definition) is 2. The minimum atomic E-state index is -0.107. The van der Waals surface area contributed by atoms with Gasteiger partial charge in [-0.05, 0) is 41.1 Å². The Balaban J connectivity index is 1.15. The van der Waals surface area contributed by atoms with Crippen molar-refractivity contribution in [3.63, 3.8) is 0 Å². The zero-order valence-corrected chi connectivity index (χ0v) is 20.2. The number of thiophene rings is 1. The minimum Gasteiger partial charge on any atom is -0.489 e. The summed E-state index contributed by atoms with van der Waals surface area (Å²) in [6.07, 6.45) is 1.24. The molecule has 34 heavy (non-hydrogen) atoms. The summed E-state index contributed by atoms with van der Waals surface area (Å²) in [6, 6.07) is 21.8. The van der Waals surface area contributed by atoms with Crippen molar-refractivity contribution in [2.45, 2.75) is 25.9 Å². The Labute approximate surface area is 206 Å². The van der Waals surface area contributed by atoms with Crippen LogP contribution < -0.4 is 15.4 Å². The smallest absolute Gasteiger partial charge is 0.231 e. The number of nitrogens with one attached hydrogen (secondary N) is 2. The lowest BCUT2D eigenvalue weighted by Crippen LogP contribution is -2.27. The molecule has 0 unspecified atom stereocenters. The molecule has 2 aromatic carbocycles. The lowest BCUT2D eigenvalue weighted by molar-refractivity contribution is -0.120. The van der Waals surface area contributed by atoms with Gasteiger partial charge in [-0.2, -0.15) is 0 Å². The topological polar surface area (TPSA) is 80.3 Å². The number of carbonyl (C=O) groups excluding carboxylic acids is 2. The van der Waals surface area contributed by atoms with E-state index in [1.54, 1.807) is 16.7 Å². The fraction of sp³-hybridized carbons (Fsp3) is 0.192. The van der Waals surface area contributed by atoms with Crippen LogP contribution in [-0.2, 0) is 35.5 Å². The molecule has 0 saturated heterocycles. The monoisotopic (exact) mass is 491 g/mol. The van der Waals surface area contributed by atoms with Gasteiger partial charge >= 0.3 is 0 Å². The predicted octanol–water partition coefficient (Wildman–Crippen LogP) is 4.87. The Bertz CT molecular complexity index is 1190. The Morgan fingerprint density at radius 3 is 2.44 bits per heavy atom. The van der Waals surface area contributed by atoms with Gasteiger partial charge in [-0.25, -0.2) is 4.98 Å². The fourth-order valence-corrected chi connectivity index (χ4v) is 4.68. The SMILES string of the molecule is O=C(Cc1csc(NC(=O)Cc2cccs2)n1)NCCc1ccc(OCc2ccccc2)cc1. The van der Waals surface area contributed by atoms with Crippen LogP contribution in [-0.4, -0.2) is 23.3 Å². The molecule has 0 aliphatic rings. The zero-order chi connectivity index (χ0) is 23.6. The molecule has 0 aliphatic heterocycles. The van der Waals surface area contributed by atoms with Crippen LogP contribution in [0, 0.1) is 0 Å². The molecule has 0 radical (unpaired) electrons. The molecule has 2 heterocycles. The van der Waals surface area contributed by atoms with Crippen LogP contribution in [0.15, 0.2) is 77.5 Å². The number of anilines is 1. The van der Waals surface area contributed by atoms with E-state index in [9.17, 15) is 9.59 Å². The van der Waals surface area contributed by atoms with Crippen molar-refractivity contribution in [2.75, 3.05) is 11.9 Å². The normalized spacial score (nSPS) is 10.6. The number of aromatic nitrogens is 1. The van der Waals surface area contributed by atoms with Gasteiger partial charge in [-0.1, -0.05) is 48.5 Å². The molecule has 2 amide bonds. The van der Waals surface area contributed by atoms with Crippen molar-refractivity contribution in [3.8, 4) is 5.75 Å². The van der Waals surface area contributed by atoms with Crippen molar-refractivity contribution in [3.05, 3.63) is 99.2 Å². The first kappa shape index (κ1) is 23.7. The van der Waals surface area contributed by atoms with Crippen molar-refractivity contribution < 1.29 is 14.3 Å². The van der Waals surface area contributed by atoms with E-state index in [0.717, 1.165) is 28.2 Å². The highest BCUT2D eigenvalue weighted by atomic mass is 32.1.